The van der Waals surface area contributed by atoms with Crippen LogP contribution in [0, 0.1) is 12.8 Å². The molecule has 1 unspecified atom stereocenters. The summed E-state index contributed by atoms with van der Waals surface area (Å²) in [4.78, 5) is 22.4. The number of carboxylic acid groups (broad SMARTS) is 1. The number of hydrogen-bond donors (Lipinski definition) is 1. The van der Waals surface area contributed by atoms with Crippen LogP contribution in [0.3, 0.4) is 0 Å². The van der Waals surface area contributed by atoms with Crippen LogP contribution in [0.4, 0.5) is 0 Å². The quantitative estimate of drug-likeness (QED) is 0.828. The van der Waals surface area contributed by atoms with Crippen molar-refractivity contribution in [3.63, 3.8) is 0 Å². The van der Waals surface area contributed by atoms with E-state index < -0.39 is 11.9 Å². The molecule has 0 saturated carbocycles. The lowest BCUT2D eigenvalue weighted by molar-refractivity contribution is -0.140. The van der Waals surface area contributed by atoms with Gasteiger partial charge in [-0.25, -0.2) is 0 Å². The molecular formula is C12H12O4. The first-order valence-corrected chi connectivity index (χ1v) is 5.12. The molecule has 0 radical (unpaired) electrons. The van der Waals surface area contributed by atoms with E-state index in [0.29, 0.717) is 29.9 Å². The van der Waals surface area contributed by atoms with Crippen LogP contribution in [0.5, 0.6) is 0 Å². The van der Waals surface area contributed by atoms with Gasteiger partial charge in [0.1, 0.15) is 11.5 Å². The molecule has 1 atom stereocenters. The van der Waals surface area contributed by atoms with Gasteiger partial charge in [-0.2, -0.15) is 0 Å². The van der Waals surface area contributed by atoms with Gasteiger partial charge in [-0.05, 0) is 31.6 Å². The van der Waals surface area contributed by atoms with E-state index in [1.165, 1.54) is 6.08 Å². The first-order valence-electron chi connectivity index (χ1n) is 5.12. The minimum absolute atomic E-state index is 0.0402. The Morgan fingerprint density at radius 2 is 2.25 bits per heavy atom. The molecule has 0 fully saturated rings. The van der Waals surface area contributed by atoms with E-state index in [0.717, 1.165) is 0 Å². The molecule has 0 bridgehead atoms. The van der Waals surface area contributed by atoms with Crippen LogP contribution in [0.15, 0.2) is 22.6 Å². The van der Waals surface area contributed by atoms with Gasteiger partial charge >= 0.3 is 5.97 Å². The highest BCUT2D eigenvalue weighted by Crippen LogP contribution is 2.32. The van der Waals surface area contributed by atoms with Crippen molar-refractivity contribution < 1.29 is 19.1 Å². The highest BCUT2D eigenvalue weighted by Gasteiger charge is 2.29. The summed E-state index contributed by atoms with van der Waals surface area (Å²) < 4.78 is 5.37. The number of rotatable bonds is 2. The Balaban J connectivity index is 2.41. The predicted molar refractivity (Wildman–Crippen MR) is 56.8 cm³/mol. The normalized spacial score (nSPS) is 20.7. The second kappa shape index (κ2) is 3.96. The lowest BCUT2D eigenvalue weighted by Gasteiger charge is -2.18. The Morgan fingerprint density at radius 1 is 1.50 bits per heavy atom. The Morgan fingerprint density at radius 3 is 2.81 bits per heavy atom. The van der Waals surface area contributed by atoms with Crippen molar-refractivity contribution in [2.45, 2.75) is 19.8 Å². The molecule has 0 amide bonds. The molecule has 84 valence electrons. The number of aryl methyl sites for hydroxylation is 1. The first-order chi connectivity index (χ1) is 7.58. The van der Waals surface area contributed by atoms with E-state index in [1.807, 2.05) is 0 Å². The average Bonchev–Trinajstić information content (AvgIpc) is 2.64. The Hall–Kier alpha value is -1.84. The van der Waals surface area contributed by atoms with E-state index in [1.54, 1.807) is 19.1 Å². The molecule has 1 aliphatic rings. The number of hydrogen-bond acceptors (Lipinski definition) is 3. The van der Waals surface area contributed by atoms with E-state index in [4.69, 9.17) is 9.52 Å². The zero-order valence-corrected chi connectivity index (χ0v) is 8.90. The van der Waals surface area contributed by atoms with Crippen molar-refractivity contribution in [1.82, 2.24) is 0 Å². The fourth-order valence-corrected chi connectivity index (χ4v) is 1.88. The fraction of sp³-hybridized carbons (Fsp3) is 0.333. The van der Waals surface area contributed by atoms with Crippen LogP contribution >= 0.6 is 0 Å². The van der Waals surface area contributed by atoms with Crippen molar-refractivity contribution in [2.24, 2.45) is 5.92 Å². The molecule has 0 saturated heterocycles. The maximum absolute atomic E-state index is 11.3. The Kier molecular flexibility index (Phi) is 2.64. The van der Waals surface area contributed by atoms with Gasteiger partial charge in [-0.15, -0.1) is 0 Å². The lowest BCUT2D eigenvalue weighted by atomic mass is 9.86. The number of carbonyl (C=O) groups is 2. The maximum Gasteiger partial charge on any atom is 0.311 e. The van der Waals surface area contributed by atoms with Crippen LogP contribution in [-0.4, -0.2) is 16.9 Å². The second-order valence-electron chi connectivity index (χ2n) is 3.91. The SMILES string of the molecule is Cc1ccc(C2=CC(=O)CCC2C(=O)O)o1. The number of carbonyl (C=O) groups excluding carboxylic acids is 1. The summed E-state index contributed by atoms with van der Waals surface area (Å²) in [5, 5.41) is 9.07. The van der Waals surface area contributed by atoms with Crippen molar-refractivity contribution in [1.29, 1.82) is 0 Å². The predicted octanol–water partition coefficient (Wildman–Crippen LogP) is 2.04. The minimum Gasteiger partial charge on any atom is -0.481 e. The van der Waals surface area contributed by atoms with Gasteiger partial charge in [-0.1, -0.05) is 0 Å². The molecular weight excluding hydrogens is 208 g/mol. The summed E-state index contributed by atoms with van der Waals surface area (Å²) in [5.74, 6) is -0.395. The summed E-state index contributed by atoms with van der Waals surface area (Å²) in [5.41, 5.74) is 0.483. The van der Waals surface area contributed by atoms with Gasteiger partial charge in [0, 0.05) is 12.0 Å². The van der Waals surface area contributed by atoms with Gasteiger partial charge in [0.2, 0.25) is 0 Å². The van der Waals surface area contributed by atoms with Crippen LogP contribution < -0.4 is 0 Å². The van der Waals surface area contributed by atoms with Crippen molar-refractivity contribution in [2.75, 3.05) is 0 Å². The first kappa shape index (κ1) is 10.7. The highest BCUT2D eigenvalue weighted by atomic mass is 16.4. The molecule has 1 N–H and O–H groups in total. The largest absolute Gasteiger partial charge is 0.481 e. The minimum atomic E-state index is -0.909. The number of furan rings is 1. The molecule has 1 aromatic heterocycles. The van der Waals surface area contributed by atoms with Crippen LogP contribution in [0.2, 0.25) is 0 Å². The Labute approximate surface area is 92.6 Å². The molecule has 4 nitrogen and oxygen atoms in total. The third kappa shape index (κ3) is 1.91. The van der Waals surface area contributed by atoms with E-state index >= 15 is 0 Å². The molecule has 0 spiro atoms. The van der Waals surface area contributed by atoms with Gasteiger partial charge in [-0.3, -0.25) is 9.59 Å². The number of aliphatic carboxylic acids is 1. The maximum atomic E-state index is 11.3. The van der Waals surface area contributed by atoms with Gasteiger partial charge in [0.25, 0.3) is 0 Å². The summed E-state index contributed by atoms with van der Waals surface area (Å²) in [6, 6.07) is 3.46. The zero-order valence-electron chi connectivity index (χ0n) is 8.90. The number of ketones is 1. The fourth-order valence-electron chi connectivity index (χ4n) is 1.88. The molecule has 4 heteroatoms. The summed E-state index contributed by atoms with van der Waals surface area (Å²) >= 11 is 0. The molecule has 16 heavy (non-hydrogen) atoms. The summed E-state index contributed by atoms with van der Waals surface area (Å²) in [7, 11) is 0. The van der Waals surface area contributed by atoms with Gasteiger partial charge < -0.3 is 9.52 Å². The standard InChI is InChI=1S/C12H12O4/c1-7-2-5-11(16-7)10-6-8(13)3-4-9(10)12(14)15/h2,5-6,9H,3-4H2,1H3,(H,14,15). The number of allylic oxidation sites excluding steroid dienone is 1. The molecule has 0 aromatic carbocycles. The van der Waals surface area contributed by atoms with Crippen LogP contribution in [0.25, 0.3) is 5.57 Å². The van der Waals surface area contributed by atoms with Crippen molar-refractivity contribution in [3.05, 3.63) is 29.7 Å². The van der Waals surface area contributed by atoms with E-state index in [9.17, 15) is 9.59 Å². The average molecular weight is 220 g/mol. The van der Waals surface area contributed by atoms with Crippen LogP contribution in [-0.2, 0) is 9.59 Å². The summed E-state index contributed by atoms with van der Waals surface area (Å²) in [6.45, 7) is 1.78. The monoisotopic (exact) mass is 220 g/mol. The molecule has 1 aromatic rings. The number of carboxylic acids is 1. The second-order valence-corrected chi connectivity index (χ2v) is 3.91. The third-order valence-corrected chi connectivity index (χ3v) is 2.69. The Bertz CT molecular complexity index is 467. The topological polar surface area (TPSA) is 67.5 Å². The van der Waals surface area contributed by atoms with E-state index in [-0.39, 0.29) is 5.78 Å². The molecule has 0 aliphatic heterocycles. The van der Waals surface area contributed by atoms with Crippen molar-refractivity contribution >= 4 is 17.3 Å². The van der Waals surface area contributed by atoms with Crippen LogP contribution in [0.1, 0.15) is 24.4 Å². The molecule has 1 aliphatic carbocycles. The molecule has 2 rings (SSSR count). The van der Waals surface area contributed by atoms with E-state index in [2.05, 4.69) is 0 Å². The van der Waals surface area contributed by atoms with Gasteiger partial charge in [0.15, 0.2) is 5.78 Å². The summed E-state index contributed by atoms with van der Waals surface area (Å²) in [6.07, 6.45) is 2.03. The van der Waals surface area contributed by atoms with Crippen molar-refractivity contribution in [3.8, 4) is 0 Å². The molecule has 1 heterocycles. The van der Waals surface area contributed by atoms with Gasteiger partial charge in [0.05, 0.1) is 5.92 Å². The highest BCUT2D eigenvalue weighted by molar-refractivity contribution is 6.02. The zero-order chi connectivity index (χ0) is 11.7. The third-order valence-electron chi connectivity index (χ3n) is 2.69. The lowest BCUT2D eigenvalue weighted by Crippen LogP contribution is -2.21. The smallest absolute Gasteiger partial charge is 0.311 e.